The highest BCUT2D eigenvalue weighted by Gasteiger charge is 2.64. The molecule has 1 aromatic carbocycles. The van der Waals surface area contributed by atoms with E-state index < -0.39 is 47.9 Å². The van der Waals surface area contributed by atoms with E-state index in [4.69, 9.17) is 5.11 Å². The Morgan fingerprint density at radius 1 is 1.35 bits per heavy atom. The minimum absolute atomic E-state index is 0.149. The fourth-order valence-electron chi connectivity index (χ4n) is 3.02. The van der Waals surface area contributed by atoms with Crippen LogP contribution >= 0.6 is 0 Å². The average molecular weight is 374 g/mol. The molecule has 1 aliphatic heterocycles. The van der Waals surface area contributed by atoms with E-state index in [2.05, 4.69) is 0 Å². The molecule has 1 saturated heterocycles. The van der Waals surface area contributed by atoms with Crippen molar-refractivity contribution in [1.82, 2.24) is 4.90 Å². The van der Waals surface area contributed by atoms with Crippen molar-refractivity contribution in [2.75, 3.05) is 13.1 Å². The number of nitro groups is 1. The summed E-state index contributed by atoms with van der Waals surface area (Å²) in [5.41, 5.74) is -3.08. The highest BCUT2D eigenvalue weighted by Crippen LogP contribution is 2.46. The van der Waals surface area contributed by atoms with Crippen LogP contribution in [0.5, 0.6) is 0 Å². The number of amides is 1. The van der Waals surface area contributed by atoms with E-state index in [-0.39, 0.29) is 17.2 Å². The van der Waals surface area contributed by atoms with E-state index >= 15 is 0 Å². The lowest BCUT2D eigenvalue weighted by molar-refractivity contribution is -0.385. The molecule has 1 atom stereocenters. The first kappa shape index (κ1) is 19.7. The van der Waals surface area contributed by atoms with Crippen molar-refractivity contribution >= 4 is 17.6 Å². The maximum absolute atomic E-state index is 13.2. The minimum atomic E-state index is -5.01. The van der Waals surface area contributed by atoms with E-state index in [0.717, 1.165) is 11.0 Å². The van der Waals surface area contributed by atoms with Gasteiger partial charge in [-0.3, -0.25) is 19.7 Å². The molecular formula is C16H17F3N2O5. The smallest absolute Gasteiger partial charge is 0.406 e. The van der Waals surface area contributed by atoms with Gasteiger partial charge in [0.25, 0.3) is 11.6 Å². The van der Waals surface area contributed by atoms with E-state index in [9.17, 15) is 32.9 Å². The van der Waals surface area contributed by atoms with E-state index in [1.165, 1.54) is 12.1 Å². The highest BCUT2D eigenvalue weighted by atomic mass is 19.4. The number of hydrogen-bond acceptors (Lipinski definition) is 4. The van der Waals surface area contributed by atoms with E-state index in [1.54, 1.807) is 13.8 Å². The molecule has 1 unspecified atom stereocenters. The van der Waals surface area contributed by atoms with Crippen molar-refractivity contribution in [2.24, 2.45) is 5.41 Å². The molecule has 1 aliphatic rings. The van der Waals surface area contributed by atoms with Gasteiger partial charge in [-0.2, -0.15) is 13.2 Å². The number of carboxylic acid groups (broad SMARTS) is 1. The number of aliphatic carboxylic acids is 1. The zero-order valence-corrected chi connectivity index (χ0v) is 14.0. The van der Waals surface area contributed by atoms with Crippen LogP contribution in [0.3, 0.4) is 0 Å². The van der Waals surface area contributed by atoms with E-state index in [0.29, 0.717) is 5.56 Å². The molecule has 0 bridgehead atoms. The molecule has 2 rings (SSSR count). The highest BCUT2D eigenvalue weighted by molar-refractivity contribution is 5.96. The summed E-state index contributed by atoms with van der Waals surface area (Å²) in [6, 6.07) is 3.71. The first-order chi connectivity index (χ1) is 11.9. The Bertz CT molecular complexity index is 763. The summed E-state index contributed by atoms with van der Waals surface area (Å²) < 4.78 is 39.6. The van der Waals surface area contributed by atoms with Crippen LogP contribution in [-0.4, -0.2) is 46.1 Å². The monoisotopic (exact) mass is 374 g/mol. The van der Waals surface area contributed by atoms with Crippen molar-refractivity contribution in [2.45, 2.75) is 32.4 Å². The Labute approximate surface area is 146 Å². The molecule has 1 amide bonds. The van der Waals surface area contributed by atoms with Crippen LogP contribution in [0.2, 0.25) is 0 Å². The molecule has 26 heavy (non-hydrogen) atoms. The molecule has 0 aliphatic carbocycles. The number of hydrogen-bond donors (Lipinski definition) is 1. The van der Waals surface area contributed by atoms with Crippen molar-refractivity contribution in [3.63, 3.8) is 0 Å². The largest absolute Gasteiger partial charge is 0.481 e. The molecule has 1 N–H and O–H groups in total. The maximum Gasteiger partial charge on any atom is 0.406 e. The van der Waals surface area contributed by atoms with Gasteiger partial charge in [-0.05, 0) is 18.4 Å². The Balaban J connectivity index is 2.35. The summed E-state index contributed by atoms with van der Waals surface area (Å²) in [6.07, 6.45) is -5.77. The topological polar surface area (TPSA) is 101 Å². The standard InChI is InChI=1S/C16H17F3N2O5/c1-9(2)11-4-3-10(7-12(11)21(25)26)13(22)20-6-5-15(8-20,14(23)24)16(17,18)19/h3-4,7,9H,5-6,8H2,1-2H3,(H,23,24). The molecule has 0 saturated carbocycles. The third kappa shape index (κ3) is 3.23. The summed E-state index contributed by atoms with van der Waals surface area (Å²) in [4.78, 5) is 35.0. The quantitative estimate of drug-likeness (QED) is 0.644. The van der Waals surface area contributed by atoms with Gasteiger partial charge in [0, 0.05) is 30.3 Å². The summed E-state index contributed by atoms with van der Waals surface area (Å²) >= 11 is 0. The fraction of sp³-hybridized carbons (Fsp3) is 0.500. The Kier molecular flexibility index (Phi) is 4.98. The van der Waals surface area contributed by atoms with Gasteiger partial charge in [0.05, 0.1) is 4.92 Å². The first-order valence-electron chi connectivity index (χ1n) is 7.78. The number of nitrogens with zero attached hydrogens (tertiary/aromatic N) is 2. The second-order valence-electron chi connectivity index (χ2n) is 6.55. The number of rotatable bonds is 4. The fourth-order valence-corrected chi connectivity index (χ4v) is 3.02. The lowest BCUT2D eigenvalue weighted by atomic mass is 9.86. The zero-order chi connectivity index (χ0) is 19.9. The normalized spacial score (nSPS) is 20.5. The molecule has 1 fully saturated rings. The van der Waals surface area contributed by atoms with Crippen molar-refractivity contribution in [3.05, 3.63) is 39.4 Å². The number of carbonyl (C=O) groups excluding carboxylic acids is 1. The molecular weight excluding hydrogens is 357 g/mol. The summed E-state index contributed by atoms with van der Waals surface area (Å²) in [6.45, 7) is 2.04. The summed E-state index contributed by atoms with van der Waals surface area (Å²) in [5.74, 6) is -3.09. The summed E-state index contributed by atoms with van der Waals surface area (Å²) in [5, 5.41) is 20.2. The Morgan fingerprint density at radius 2 is 1.96 bits per heavy atom. The number of likely N-dealkylation sites (tertiary alicyclic amines) is 1. The van der Waals surface area contributed by atoms with Crippen LogP contribution in [0.15, 0.2) is 18.2 Å². The van der Waals surface area contributed by atoms with Gasteiger partial charge >= 0.3 is 12.1 Å². The number of benzene rings is 1. The Morgan fingerprint density at radius 3 is 2.38 bits per heavy atom. The van der Waals surface area contributed by atoms with Crippen molar-refractivity contribution < 1.29 is 32.8 Å². The summed E-state index contributed by atoms with van der Waals surface area (Å²) in [7, 11) is 0. The van der Waals surface area contributed by atoms with Gasteiger partial charge in [0.15, 0.2) is 5.41 Å². The van der Waals surface area contributed by atoms with Gasteiger partial charge in [-0.1, -0.05) is 19.9 Å². The molecule has 1 heterocycles. The van der Waals surface area contributed by atoms with E-state index in [1.807, 2.05) is 0 Å². The molecule has 10 heteroatoms. The van der Waals surface area contributed by atoms with Crippen LogP contribution in [0, 0.1) is 15.5 Å². The molecule has 142 valence electrons. The first-order valence-corrected chi connectivity index (χ1v) is 7.78. The number of carboxylic acids is 1. The van der Waals surface area contributed by atoms with Gasteiger partial charge < -0.3 is 10.0 Å². The predicted octanol–water partition coefficient (Wildman–Crippen LogP) is 3.20. The molecule has 7 nitrogen and oxygen atoms in total. The molecule has 0 spiro atoms. The van der Waals surface area contributed by atoms with Crippen molar-refractivity contribution in [3.8, 4) is 0 Å². The van der Waals surface area contributed by atoms with Crippen LogP contribution in [-0.2, 0) is 4.79 Å². The second-order valence-corrected chi connectivity index (χ2v) is 6.55. The molecule has 0 radical (unpaired) electrons. The maximum atomic E-state index is 13.2. The number of alkyl halides is 3. The third-order valence-electron chi connectivity index (χ3n) is 4.60. The van der Waals surface area contributed by atoms with Crippen LogP contribution in [0.4, 0.5) is 18.9 Å². The molecule has 0 aromatic heterocycles. The third-order valence-corrected chi connectivity index (χ3v) is 4.60. The average Bonchev–Trinajstić information content (AvgIpc) is 3.00. The molecule has 1 aromatic rings. The van der Waals surface area contributed by atoms with Gasteiger partial charge in [-0.15, -0.1) is 0 Å². The Hall–Kier alpha value is -2.65. The minimum Gasteiger partial charge on any atom is -0.481 e. The lowest BCUT2D eigenvalue weighted by Crippen LogP contribution is -2.47. The SMILES string of the molecule is CC(C)c1ccc(C(=O)N2CCC(C(=O)O)(C(F)(F)F)C2)cc1[N+](=O)[O-]. The van der Waals surface area contributed by atoms with Crippen LogP contribution in [0.1, 0.15) is 42.1 Å². The predicted molar refractivity (Wildman–Crippen MR) is 83.8 cm³/mol. The number of halogens is 3. The van der Waals surface area contributed by atoms with Crippen molar-refractivity contribution in [1.29, 1.82) is 0 Å². The number of carbonyl (C=O) groups is 2. The van der Waals surface area contributed by atoms with Gasteiger partial charge in [0.1, 0.15) is 0 Å². The van der Waals surface area contributed by atoms with Crippen LogP contribution in [0.25, 0.3) is 0 Å². The second kappa shape index (κ2) is 6.58. The lowest BCUT2D eigenvalue weighted by Gasteiger charge is -2.27. The van der Waals surface area contributed by atoms with Crippen LogP contribution < -0.4 is 0 Å². The zero-order valence-electron chi connectivity index (χ0n) is 14.0. The number of nitro benzene ring substituents is 1. The van der Waals surface area contributed by atoms with Gasteiger partial charge in [-0.25, -0.2) is 0 Å². The van der Waals surface area contributed by atoms with Gasteiger partial charge in [0.2, 0.25) is 0 Å².